The Balaban J connectivity index is 2.08. The number of amides is 1. The number of methoxy groups -OCH3 is 1. The SMILES string of the molecule is COC(=O)c1ccc(NC(=O)C(CN=[N+]=[N-])Cc2ccccc2)cc1. The summed E-state index contributed by atoms with van der Waals surface area (Å²) in [5.41, 5.74) is 10.5. The van der Waals surface area contributed by atoms with Crippen LogP contribution >= 0.6 is 0 Å². The summed E-state index contributed by atoms with van der Waals surface area (Å²) in [4.78, 5) is 26.7. The van der Waals surface area contributed by atoms with Crippen LogP contribution in [0.3, 0.4) is 0 Å². The Morgan fingerprint density at radius 2 is 1.84 bits per heavy atom. The topological polar surface area (TPSA) is 104 Å². The van der Waals surface area contributed by atoms with Crippen LogP contribution < -0.4 is 5.32 Å². The van der Waals surface area contributed by atoms with Gasteiger partial charge in [0.25, 0.3) is 0 Å². The Labute approximate surface area is 145 Å². The summed E-state index contributed by atoms with van der Waals surface area (Å²) in [6.07, 6.45) is 0.464. The molecule has 128 valence electrons. The predicted octanol–water partition coefficient (Wildman–Crippen LogP) is 3.58. The molecule has 0 aliphatic rings. The number of hydrogen-bond donors (Lipinski definition) is 1. The Hall–Kier alpha value is -3.31. The first kappa shape index (κ1) is 18.0. The molecule has 0 fully saturated rings. The number of benzene rings is 2. The van der Waals surface area contributed by atoms with Crippen molar-refractivity contribution in [3.8, 4) is 0 Å². The van der Waals surface area contributed by atoms with Crippen LogP contribution in [0.5, 0.6) is 0 Å². The van der Waals surface area contributed by atoms with Gasteiger partial charge in [0.15, 0.2) is 0 Å². The molecule has 1 unspecified atom stereocenters. The van der Waals surface area contributed by atoms with Crippen LogP contribution in [-0.4, -0.2) is 25.5 Å². The minimum Gasteiger partial charge on any atom is -0.465 e. The third-order valence-electron chi connectivity index (χ3n) is 3.63. The fraction of sp³-hybridized carbons (Fsp3) is 0.222. The number of ether oxygens (including phenoxy) is 1. The van der Waals surface area contributed by atoms with E-state index in [9.17, 15) is 9.59 Å². The molecule has 1 atom stereocenters. The molecule has 0 saturated heterocycles. The largest absolute Gasteiger partial charge is 0.465 e. The number of nitrogens with one attached hydrogen (secondary N) is 1. The summed E-state index contributed by atoms with van der Waals surface area (Å²) in [7, 11) is 1.31. The number of anilines is 1. The normalized spacial score (nSPS) is 11.1. The standard InChI is InChI=1S/C18H18N4O3/c1-25-18(24)14-7-9-16(10-8-14)21-17(23)15(12-20-22-19)11-13-5-3-2-4-6-13/h2-10,15H,11-12H2,1H3,(H,21,23). The molecule has 0 spiro atoms. The Kier molecular flexibility index (Phi) is 6.56. The van der Waals surface area contributed by atoms with Gasteiger partial charge in [-0.05, 0) is 41.8 Å². The van der Waals surface area contributed by atoms with E-state index in [4.69, 9.17) is 5.53 Å². The van der Waals surface area contributed by atoms with Gasteiger partial charge in [-0.3, -0.25) is 4.79 Å². The molecule has 1 N–H and O–H groups in total. The summed E-state index contributed by atoms with van der Waals surface area (Å²) < 4.78 is 4.63. The first-order chi connectivity index (χ1) is 12.1. The number of carbonyl (C=O) groups is 2. The molecule has 1 amide bonds. The number of hydrogen-bond acceptors (Lipinski definition) is 4. The highest BCUT2D eigenvalue weighted by Crippen LogP contribution is 2.15. The molecule has 7 heteroatoms. The molecular weight excluding hydrogens is 320 g/mol. The fourth-order valence-corrected chi connectivity index (χ4v) is 2.33. The number of carbonyl (C=O) groups excluding carboxylic acids is 2. The zero-order valence-electron chi connectivity index (χ0n) is 13.8. The van der Waals surface area contributed by atoms with E-state index in [-0.39, 0.29) is 12.5 Å². The molecule has 0 saturated carbocycles. The highest BCUT2D eigenvalue weighted by atomic mass is 16.5. The number of esters is 1. The molecule has 0 bridgehead atoms. The van der Waals surface area contributed by atoms with Crippen molar-refractivity contribution in [3.05, 3.63) is 76.2 Å². The van der Waals surface area contributed by atoms with Gasteiger partial charge in [0.1, 0.15) is 0 Å². The van der Waals surface area contributed by atoms with Gasteiger partial charge in [-0.1, -0.05) is 35.4 Å². The van der Waals surface area contributed by atoms with Crippen molar-refractivity contribution < 1.29 is 14.3 Å². The lowest BCUT2D eigenvalue weighted by molar-refractivity contribution is -0.119. The van der Waals surface area contributed by atoms with Crippen LogP contribution in [0.1, 0.15) is 15.9 Å². The molecule has 0 aliphatic heterocycles. The smallest absolute Gasteiger partial charge is 0.337 e. The van der Waals surface area contributed by atoms with Gasteiger partial charge in [0.05, 0.1) is 12.7 Å². The van der Waals surface area contributed by atoms with Crippen molar-refractivity contribution >= 4 is 17.6 Å². The Morgan fingerprint density at radius 1 is 1.16 bits per heavy atom. The summed E-state index contributed by atoms with van der Waals surface area (Å²) in [6, 6.07) is 15.9. The number of azide groups is 1. The summed E-state index contributed by atoms with van der Waals surface area (Å²) >= 11 is 0. The molecule has 2 aromatic rings. The zero-order valence-corrected chi connectivity index (χ0v) is 13.8. The molecule has 0 aromatic heterocycles. The van der Waals surface area contributed by atoms with Crippen molar-refractivity contribution in [3.63, 3.8) is 0 Å². The molecule has 0 radical (unpaired) electrons. The molecule has 0 aliphatic carbocycles. The van der Waals surface area contributed by atoms with Crippen molar-refractivity contribution in [2.45, 2.75) is 6.42 Å². The second kappa shape index (κ2) is 9.10. The first-order valence-corrected chi connectivity index (χ1v) is 7.68. The maximum atomic E-state index is 12.5. The van der Waals surface area contributed by atoms with Crippen LogP contribution in [-0.2, 0) is 16.0 Å². The third kappa shape index (κ3) is 5.37. The molecule has 2 aromatic carbocycles. The Morgan fingerprint density at radius 3 is 2.44 bits per heavy atom. The zero-order chi connectivity index (χ0) is 18.1. The minimum absolute atomic E-state index is 0.0669. The third-order valence-corrected chi connectivity index (χ3v) is 3.63. The average molecular weight is 338 g/mol. The second-order valence-electron chi connectivity index (χ2n) is 5.36. The average Bonchev–Trinajstić information content (AvgIpc) is 2.65. The minimum atomic E-state index is -0.487. The molecular formula is C18H18N4O3. The first-order valence-electron chi connectivity index (χ1n) is 7.68. The highest BCUT2D eigenvalue weighted by molar-refractivity contribution is 5.94. The van der Waals surface area contributed by atoms with Gasteiger partial charge in [0.2, 0.25) is 5.91 Å². The number of nitrogens with zero attached hydrogens (tertiary/aromatic N) is 3. The van der Waals surface area contributed by atoms with Crippen molar-refractivity contribution in [2.75, 3.05) is 19.0 Å². The van der Waals surface area contributed by atoms with Gasteiger partial charge in [-0.25, -0.2) is 4.79 Å². The van der Waals surface area contributed by atoms with Gasteiger partial charge < -0.3 is 10.1 Å². The lowest BCUT2D eigenvalue weighted by atomic mass is 9.98. The van der Waals surface area contributed by atoms with Crippen LogP contribution in [0.4, 0.5) is 5.69 Å². The van der Waals surface area contributed by atoms with Crippen LogP contribution in [0.25, 0.3) is 10.4 Å². The number of rotatable bonds is 7. The molecule has 0 heterocycles. The van der Waals surface area contributed by atoms with E-state index in [1.165, 1.54) is 7.11 Å². The lowest BCUT2D eigenvalue weighted by Gasteiger charge is -2.15. The molecule has 25 heavy (non-hydrogen) atoms. The molecule has 7 nitrogen and oxygen atoms in total. The fourth-order valence-electron chi connectivity index (χ4n) is 2.33. The van der Waals surface area contributed by atoms with Gasteiger partial charge in [0, 0.05) is 23.1 Å². The summed E-state index contributed by atoms with van der Waals surface area (Å²) in [5, 5.41) is 6.32. The van der Waals surface area contributed by atoms with Crippen LogP contribution in [0.2, 0.25) is 0 Å². The van der Waals surface area contributed by atoms with E-state index in [2.05, 4.69) is 20.1 Å². The van der Waals surface area contributed by atoms with E-state index < -0.39 is 11.9 Å². The van der Waals surface area contributed by atoms with E-state index in [0.29, 0.717) is 17.7 Å². The van der Waals surface area contributed by atoms with Gasteiger partial charge in [-0.2, -0.15) is 0 Å². The van der Waals surface area contributed by atoms with Crippen LogP contribution in [0.15, 0.2) is 59.7 Å². The molecule has 2 rings (SSSR count). The van der Waals surface area contributed by atoms with E-state index in [0.717, 1.165) is 5.56 Å². The maximum Gasteiger partial charge on any atom is 0.337 e. The van der Waals surface area contributed by atoms with Crippen molar-refractivity contribution in [2.24, 2.45) is 11.0 Å². The van der Waals surface area contributed by atoms with Crippen LogP contribution in [0, 0.1) is 5.92 Å². The van der Waals surface area contributed by atoms with Gasteiger partial charge in [-0.15, -0.1) is 0 Å². The predicted molar refractivity (Wildman–Crippen MR) is 94.1 cm³/mol. The highest BCUT2D eigenvalue weighted by Gasteiger charge is 2.18. The van der Waals surface area contributed by atoms with E-state index in [1.807, 2.05) is 30.3 Å². The summed E-state index contributed by atoms with van der Waals surface area (Å²) in [6.45, 7) is 0.0669. The van der Waals surface area contributed by atoms with E-state index in [1.54, 1.807) is 24.3 Å². The monoisotopic (exact) mass is 338 g/mol. The maximum absolute atomic E-state index is 12.5. The quantitative estimate of drug-likeness (QED) is 0.361. The summed E-state index contributed by atoms with van der Waals surface area (Å²) in [5.74, 6) is -1.18. The lowest BCUT2D eigenvalue weighted by Crippen LogP contribution is -2.27. The van der Waals surface area contributed by atoms with E-state index >= 15 is 0 Å². The van der Waals surface area contributed by atoms with Gasteiger partial charge >= 0.3 is 5.97 Å². The Bertz CT molecular complexity index is 769. The van der Waals surface area contributed by atoms with Crippen molar-refractivity contribution in [1.82, 2.24) is 0 Å². The second-order valence-corrected chi connectivity index (χ2v) is 5.36. The van der Waals surface area contributed by atoms with Crippen molar-refractivity contribution in [1.29, 1.82) is 0 Å².